The average molecular weight is 493 g/mol. The zero-order valence-electron chi connectivity index (χ0n) is 21.3. The van der Waals surface area contributed by atoms with Crippen molar-refractivity contribution in [1.29, 1.82) is 0 Å². The standard InChI is InChI=1S/C26H32N6O4/c1-6-35-22(33)15-32-25(28-29-30-32)24(16(2)3)31(14-21-8-7-11-36-21)13-20-12-19-10-9-17(4)18(5)23(19)27-26(20)34/h7-12,16,24H,6,13-15H2,1-5H3,(H,27,34)/t24-/m0/s1. The van der Waals surface area contributed by atoms with Crippen molar-refractivity contribution in [3.8, 4) is 0 Å². The molecule has 0 unspecified atom stereocenters. The fourth-order valence-electron chi connectivity index (χ4n) is 4.51. The molecule has 10 heteroatoms. The number of ether oxygens (including phenoxy) is 1. The molecule has 0 aliphatic carbocycles. The van der Waals surface area contributed by atoms with Crippen LogP contribution in [0.25, 0.3) is 10.9 Å². The topological polar surface area (TPSA) is 119 Å². The Morgan fingerprint density at radius 3 is 2.72 bits per heavy atom. The van der Waals surface area contributed by atoms with Gasteiger partial charge >= 0.3 is 5.97 Å². The molecule has 36 heavy (non-hydrogen) atoms. The molecule has 3 heterocycles. The largest absolute Gasteiger partial charge is 0.468 e. The van der Waals surface area contributed by atoms with Gasteiger partial charge in [-0.1, -0.05) is 26.0 Å². The number of tetrazole rings is 1. The Morgan fingerprint density at radius 1 is 1.22 bits per heavy atom. The van der Waals surface area contributed by atoms with Gasteiger partial charge in [0.15, 0.2) is 5.82 Å². The summed E-state index contributed by atoms with van der Waals surface area (Å²) < 4.78 is 12.2. The number of carbonyl (C=O) groups is 1. The van der Waals surface area contributed by atoms with Crippen molar-refractivity contribution in [3.05, 3.63) is 75.2 Å². The zero-order chi connectivity index (χ0) is 25.8. The van der Waals surface area contributed by atoms with E-state index in [1.807, 2.05) is 38.1 Å². The summed E-state index contributed by atoms with van der Waals surface area (Å²) >= 11 is 0. The molecule has 0 bridgehead atoms. The van der Waals surface area contributed by atoms with Gasteiger partial charge in [0.2, 0.25) is 0 Å². The van der Waals surface area contributed by atoms with Crippen LogP contribution in [-0.2, 0) is 29.2 Å². The number of carbonyl (C=O) groups excluding carboxylic acids is 1. The Kier molecular flexibility index (Phi) is 7.64. The number of benzene rings is 1. The average Bonchev–Trinajstić information content (AvgIpc) is 3.50. The molecule has 4 aromatic rings. The van der Waals surface area contributed by atoms with Gasteiger partial charge in [-0.05, 0) is 71.8 Å². The summed E-state index contributed by atoms with van der Waals surface area (Å²) in [4.78, 5) is 30.5. The van der Waals surface area contributed by atoms with Gasteiger partial charge in [-0.25, -0.2) is 4.68 Å². The maximum Gasteiger partial charge on any atom is 0.327 e. The number of aryl methyl sites for hydroxylation is 2. The number of pyridine rings is 1. The van der Waals surface area contributed by atoms with Crippen LogP contribution < -0.4 is 5.56 Å². The molecule has 0 spiro atoms. The Balaban J connectivity index is 1.75. The van der Waals surface area contributed by atoms with E-state index >= 15 is 0 Å². The summed E-state index contributed by atoms with van der Waals surface area (Å²) in [6.07, 6.45) is 1.62. The van der Waals surface area contributed by atoms with Crippen LogP contribution in [-0.4, -0.2) is 42.7 Å². The lowest BCUT2D eigenvalue weighted by Crippen LogP contribution is -2.35. The number of fused-ring (bicyclic) bond motifs is 1. The number of aromatic nitrogens is 5. The van der Waals surface area contributed by atoms with Gasteiger partial charge in [-0.2, -0.15) is 0 Å². The molecule has 0 aliphatic heterocycles. The first-order valence-corrected chi connectivity index (χ1v) is 12.1. The van der Waals surface area contributed by atoms with Crippen LogP contribution in [0, 0.1) is 19.8 Å². The van der Waals surface area contributed by atoms with Gasteiger partial charge < -0.3 is 14.1 Å². The van der Waals surface area contributed by atoms with Gasteiger partial charge in [-0.3, -0.25) is 14.5 Å². The van der Waals surface area contributed by atoms with Crippen molar-refractivity contribution in [1.82, 2.24) is 30.1 Å². The minimum absolute atomic E-state index is 0.0522. The van der Waals surface area contributed by atoms with E-state index in [1.54, 1.807) is 13.2 Å². The summed E-state index contributed by atoms with van der Waals surface area (Å²) in [6, 6.07) is 9.43. The van der Waals surface area contributed by atoms with E-state index in [9.17, 15) is 9.59 Å². The molecule has 190 valence electrons. The van der Waals surface area contributed by atoms with E-state index in [0.29, 0.717) is 24.5 Å². The van der Waals surface area contributed by atoms with Crippen molar-refractivity contribution in [2.24, 2.45) is 5.92 Å². The third kappa shape index (κ3) is 5.38. The predicted octanol–water partition coefficient (Wildman–Crippen LogP) is 3.69. The monoisotopic (exact) mass is 492 g/mol. The second-order valence-corrected chi connectivity index (χ2v) is 9.27. The van der Waals surface area contributed by atoms with E-state index in [4.69, 9.17) is 9.15 Å². The summed E-state index contributed by atoms with van der Waals surface area (Å²) in [6.45, 7) is 10.8. The molecule has 1 N–H and O–H groups in total. The molecule has 0 amide bonds. The highest BCUT2D eigenvalue weighted by Gasteiger charge is 2.31. The van der Waals surface area contributed by atoms with Crippen molar-refractivity contribution >= 4 is 16.9 Å². The Labute approximate surface area is 209 Å². The fraction of sp³-hybridized carbons (Fsp3) is 0.423. The zero-order valence-corrected chi connectivity index (χ0v) is 21.3. The lowest BCUT2D eigenvalue weighted by molar-refractivity contribution is -0.144. The fourth-order valence-corrected chi connectivity index (χ4v) is 4.51. The molecule has 3 aromatic heterocycles. The molecule has 1 aromatic carbocycles. The van der Waals surface area contributed by atoms with Gasteiger partial charge in [0.25, 0.3) is 5.56 Å². The summed E-state index contributed by atoms with van der Waals surface area (Å²) in [7, 11) is 0. The number of H-pyrrole nitrogens is 1. The first-order chi connectivity index (χ1) is 17.3. The van der Waals surface area contributed by atoms with Crippen LogP contribution in [0.3, 0.4) is 0 Å². The van der Waals surface area contributed by atoms with E-state index in [0.717, 1.165) is 27.8 Å². The number of furan rings is 1. The predicted molar refractivity (Wildman–Crippen MR) is 134 cm³/mol. The first kappa shape index (κ1) is 25.3. The second kappa shape index (κ2) is 10.9. The number of hydrogen-bond acceptors (Lipinski definition) is 8. The molecule has 0 aliphatic rings. The minimum atomic E-state index is -0.414. The molecule has 10 nitrogen and oxygen atoms in total. The number of nitrogens with zero attached hydrogens (tertiary/aromatic N) is 5. The van der Waals surface area contributed by atoms with Gasteiger partial charge in [0, 0.05) is 12.1 Å². The highest BCUT2D eigenvalue weighted by atomic mass is 16.5. The van der Waals surface area contributed by atoms with Gasteiger partial charge in [-0.15, -0.1) is 5.10 Å². The minimum Gasteiger partial charge on any atom is -0.468 e. The van der Waals surface area contributed by atoms with Gasteiger partial charge in [0.05, 0.1) is 31.0 Å². The number of hydrogen-bond donors (Lipinski definition) is 1. The summed E-state index contributed by atoms with van der Waals surface area (Å²) in [5.41, 5.74) is 3.50. The summed E-state index contributed by atoms with van der Waals surface area (Å²) in [5, 5.41) is 13.1. The number of nitrogens with one attached hydrogen (secondary N) is 1. The molecule has 4 rings (SSSR count). The highest BCUT2D eigenvalue weighted by Crippen LogP contribution is 2.30. The molecule has 0 radical (unpaired) electrons. The van der Waals surface area contributed by atoms with E-state index in [1.165, 1.54) is 4.68 Å². The van der Waals surface area contributed by atoms with Crippen molar-refractivity contribution < 1.29 is 13.9 Å². The quantitative estimate of drug-likeness (QED) is 0.333. The Morgan fingerprint density at radius 2 is 2.03 bits per heavy atom. The highest BCUT2D eigenvalue weighted by molar-refractivity contribution is 5.83. The maximum atomic E-state index is 13.2. The van der Waals surface area contributed by atoms with Gasteiger partial charge in [0.1, 0.15) is 12.3 Å². The van der Waals surface area contributed by atoms with Crippen LogP contribution in [0.2, 0.25) is 0 Å². The second-order valence-electron chi connectivity index (χ2n) is 9.27. The lowest BCUT2D eigenvalue weighted by atomic mass is 9.99. The maximum absolute atomic E-state index is 13.2. The van der Waals surface area contributed by atoms with Crippen LogP contribution in [0.1, 0.15) is 55.1 Å². The van der Waals surface area contributed by atoms with E-state index in [-0.39, 0.29) is 30.7 Å². The van der Waals surface area contributed by atoms with Crippen molar-refractivity contribution in [2.45, 2.75) is 60.3 Å². The molecule has 0 fully saturated rings. The lowest BCUT2D eigenvalue weighted by Gasteiger charge is -2.32. The van der Waals surface area contributed by atoms with E-state index in [2.05, 4.69) is 45.3 Å². The molecule has 0 saturated carbocycles. The van der Waals surface area contributed by atoms with E-state index < -0.39 is 5.97 Å². The van der Waals surface area contributed by atoms with Crippen LogP contribution >= 0.6 is 0 Å². The molecule has 0 saturated heterocycles. The number of aromatic amines is 1. The smallest absolute Gasteiger partial charge is 0.327 e. The number of rotatable bonds is 10. The third-order valence-electron chi connectivity index (χ3n) is 6.37. The Bertz CT molecular complexity index is 1390. The molecule has 1 atom stereocenters. The molecular weight excluding hydrogens is 460 g/mol. The third-order valence-corrected chi connectivity index (χ3v) is 6.37. The first-order valence-electron chi connectivity index (χ1n) is 12.1. The Hall–Kier alpha value is -3.79. The molecular formula is C26H32N6O4. The van der Waals surface area contributed by atoms with Crippen molar-refractivity contribution in [3.63, 3.8) is 0 Å². The summed E-state index contributed by atoms with van der Waals surface area (Å²) in [5.74, 6) is 0.904. The van der Waals surface area contributed by atoms with Crippen LogP contribution in [0.4, 0.5) is 0 Å². The van der Waals surface area contributed by atoms with Crippen LogP contribution in [0.15, 0.2) is 45.8 Å². The number of esters is 1. The SMILES string of the molecule is CCOC(=O)Cn1nnnc1[C@H](C(C)C)N(Cc1ccco1)Cc1cc2ccc(C)c(C)c2[nH]c1=O. The van der Waals surface area contributed by atoms with Crippen LogP contribution in [0.5, 0.6) is 0 Å². The normalized spacial score (nSPS) is 12.5. The van der Waals surface area contributed by atoms with Crippen molar-refractivity contribution in [2.75, 3.05) is 6.61 Å².